The molecule has 1 aromatic heterocycles. The van der Waals surface area contributed by atoms with Crippen LogP contribution in [-0.4, -0.2) is 69.7 Å². The molecule has 1 N–H and O–H groups in total. The summed E-state index contributed by atoms with van der Waals surface area (Å²) in [6.45, 7) is 2.52. The van der Waals surface area contributed by atoms with Crippen LogP contribution in [0.5, 0.6) is 5.75 Å². The standard InChI is InChI=1S/C16H23N5O4/c1-3-20-8-11(7-17-20)25-13-6-4-5-12(13)18-14(22)9-21-15(23)10-19(2)16(21)24/h7-8,12-13H,3-6,9-10H2,1-2H3,(H,18,22)/t12-,13+/m0/s1. The van der Waals surface area contributed by atoms with E-state index in [9.17, 15) is 14.4 Å². The van der Waals surface area contributed by atoms with E-state index in [0.29, 0.717) is 5.75 Å². The molecule has 4 amide bonds. The number of carbonyl (C=O) groups is 3. The molecule has 0 radical (unpaired) electrons. The van der Waals surface area contributed by atoms with Crippen LogP contribution in [0.3, 0.4) is 0 Å². The highest BCUT2D eigenvalue weighted by atomic mass is 16.5. The molecular formula is C16H23N5O4. The van der Waals surface area contributed by atoms with Crippen molar-refractivity contribution >= 4 is 17.8 Å². The number of carbonyl (C=O) groups excluding carboxylic acids is 3. The largest absolute Gasteiger partial charge is 0.485 e. The minimum atomic E-state index is -0.439. The lowest BCUT2D eigenvalue weighted by molar-refractivity contribution is -0.131. The van der Waals surface area contributed by atoms with Crippen LogP contribution in [0, 0.1) is 0 Å². The Kier molecular flexibility index (Phi) is 4.91. The SMILES string of the molecule is CCn1cc(O[C@@H]2CCC[C@@H]2NC(=O)CN2C(=O)CN(C)C2=O)cn1. The fourth-order valence-electron chi connectivity index (χ4n) is 3.21. The smallest absolute Gasteiger partial charge is 0.327 e. The number of aryl methyl sites for hydroxylation is 1. The van der Waals surface area contributed by atoms with Gasteiger partial charge < -0.3 is 15.0 Å². The number of hydrogen-bond donors (Lipinski definition) is 1. The van der Waals surface area contributed by atoms with E-state index in [-0.39, 0.29) is 37.0 Å². The van der Waals surface area contributed by atoms with Gasteiger partial charge in [-0.2, -0.15) is 5.10 Å². The van der Waals surface area contributed by atoms with Crippen LogP contribution in [0.1, 0.15) is 26.2 Å². The quantitative estimate of drug-likeness (QED) is 0.741. The van der Waals surface area contributed by atoms with Gasteiger partial charge in [-0.05, 0) is 26.2 Å². The van der Waals surface area contributed by atoms with E-state index in [4.69, 9.17) is 4.74 Å². The maximum Gasteiger partial charge on any atom is 0.327 e. The van der Waals surface area contributed by atoms with E-state index in [2.05, 4.69) is 10.4 Å². The Balaban J connectivity index is 1.55. The number of imide groups is 1. The van der Waals surface area contributed by atoms with Crippen molar-refractivity contribution in [3.8, 4) is 5.75 Å². The van der Waals surface area contributed by atoms with Crippen LogP contribution in [0.25, 0.3) is 0 Å². The van der Waals surface area contributed by atoms with Crippen molar-refractivity contribution in [2.75, 3.05) is 20.1 Å². The summed E-state index contributed by atoms with van der Waals surface area (Å²) in [6.07, 6.45) is 5.95. The lowest BCUT2D eigenvalue weighted by atomic mass is 10.2. The summed E-state index contributed by atoms with van der Waals surface area (Å²) < 4.78 is 7.72. The number of ether oxygens (including phenoxy) is 1. The van der Waals surface area contributed by atoms with Crippen LogP contribution in [-0.2, 0) is 16.1 Å². The molecule has 0 bridgehead atoms. The van der Waals surface area contributed by atoms with Crippen LogP contribution < -0.4 is 10.1 Å². The zero-order valence-corrected chi connectivity index (χ0v) is 14.5. The number of aromatic nitrogens is 2. The zero-order valence-electron chi connectivity index (χ0n) is 14.5. The van der Waals surface area contributed by atoms with E-state index in [1.165, 1.54) is 11.9 Å². The summed E-state index contributed by atoms with van der Waals surface area (Å²) in [6, 6.07) is -0.575. The fourth-order valence-corrected chi connectivity index (χ4v) is 3.21. The van der Waals surface area contributed by atoms with Gasteiger partial charge in [0.25, 0.3) is 5.91 Å². The molecule has 1 aliphatic carbocycles. The Morgan fingerprint density at radius 1 is 1.40 bits per heavy atom. The van der Waals surface area contributed by atoms with E-state index in [0.717, 1.165) is 30.7 Å². The number of rotatable bonds is 6. The Morgan fingerprint density at radius 2 is 2.20 bits per heavy atom. The van der Waals surface area contributed by atoms with Crippen molar-refractivity contribution in [2.24, 2.45) is 0 Å². The fraction of sp³-hybridized carbons (Fsp3) is 0.625. The third-order valence-electron chi connectivity index (χ3n) is 4.55. The molecule has 2 atom stereocenters. The molecule has 25 heavy (non-hydrogen) atoms. The minimum Gasteiger partial charge on any atom is -0.485 e. The van der Waals surface area contributed by atoms with Gasteiger partial charge >= 0.3 is 6.03 Å². The van der Waals surface area contributed by atoms with E-state index in [1.807, 2.05) is 13.1 Å². The molecule has 136 valence electrons. The second-order valence-electron chi connectivity index (χ2n) is 6.41. The second kappa shape index (κ2) is 7.12. The van der Waals surface area contributed by atoms with Gasteiger partial charge in [-0.25, -0.2) is 4.79 Å². The zero-order chi connectivity index (χ0) is 18.0. The van der Waals surface area contributed by atoms with Gasteiger partial charge in [0.05, 0.1) is 18.4 Å². The second-order valence-corrected chi connectivity index (χ2v) is 6.41. The van der Waals surface area contributed by atoms with Crippen molar-refractivity contribution in [1.82, 2.24) is 24.9 Å². The highest BCUT2D eigenvalue weighted by Crippen LogP contribution is 2.24. The molecule has 0 spiro atoms. The average molecular weight is 349 g/mol. The lowest BCUT2D eigenvalue weighted by Gasteiger charge is -2.22. The van der Waals surface area contributed by atoms with Crippen molar-refractivity contribution in [3.63, 3.8) is 0 Å². The first-order valence-corrected chi connectivity index (χ1v) is 8.52. The molecule has 1 aliphatic heterocycles. The monoisotopic (exact) mass is 349 g/mol. The van der Waals surface area contributed by atoms with Gasteiger partial charge in [-0.1, -0.05) is 0 Å². The first kappa shape index (κ1) is 17.2. The van der Waals surface area contributed by atoms with Crippen molar-refractivity contribution in [3.05, 3.63) is 12.4 Å². The Hall–Kier alpha value is -2.58. The predicted molar refractivity (Wildman–Crippen MR) is 87.8 cm³/mol. The molecule has 3 rings (SSSR count). The third kappa shape index (κ3) is 3.75. The average Bonchev–Trinajstić information content (AvgIpc) is 3.26. The maximum absolute atomic E-state index is 12.3. The molecule has 0 unspecified atom stereocenters. The van der Waals surface area contributed by atoms with Gasteiger partial charge in [0.15, 0.2) is 5.75 Å². The van der Waals surface area contributed by atoms with E-state index >= 15 is 0 Å². The summed E-state index contributed by atoms with van der Waals surface area (Å²) in [5.74, 6) is -0.0184. The summed E-state index contributed by atoms with van der Waals surface area (Å²) in [5.41, 5.74) is 0. The third-order valence-corrected chi connectivity index (χ3v) is 4.55. The van der Waals surface area contributed by atoms with E-state index < -0.39 is 6.03 Å². The topological polar surface area (TPSA) is 96.8 Å². The predicted octanol–water partition coefficient (Wildman–Crippen LogP) is 0.213. The molecule has 2 fully saturated rings. The maximum atomic E-state index is 12.3. The molecule has 1 saturated heterocycles. The minimum absolute atomic E-state index is 0.0166. The highest BCUT2D eigenvalue weighted by Gasteiger charge is 2.36. The van der Waals surface area contributed by atoms with Gasteiger partial charge in [0.1, 0.15) is 19.2 Å². The van der Waals surface area contributed by atoms with Crippen LogP contribution in [0.2, 0.25) is 0 Å². The number of urea groups is 1. The summed E-state index contributed by atoms with van der Waals surface area (Å²) in [4.78, 5) is 38.1. The molecule has 0 aromatic carbocycles. The first-order valence-electron chi connectivity index (χ1n) is 8.52. The van der Waals surface area contributed by atoms with Gasteiger partial charge in [0, 0.05) is 13.6 Å². The Morgan fingerprint density at radius 3 is 2.84 bits per heavy atom. The van der Waals surface area contributed by atoms with Crippen LogP contribution in [0.4, 0.5) is 4.79 Å². The molecule has 2 aliphatic rings. The van der Waals surface area contributed by atoms with Crippen molar-refractivity contribution < 1.29 is 19.1 Å². The molecule has 9 heteroatoms. The Labute approximate surface area is 145 Å². The van der Waals surface area contributed by atoms with Crippen molar-refractivity contribution in [1.29, 1.82) is 0 Å². The van der Waals surface area contributed by atoms with E-state index in [1.54, 1.807) is 10.9 Å². The molecule has 1 aromatic rings. The number of hydrogen-bond acceptors (Lipinski definition) is 5. The molecule has 2 heterocycles. The normalized spacial score (nSPS) is 23.4. The summed E-state index contributed by atoms with van der Waals surface area (Å²) in [5, 5.41) is 7.07. The summed E-state index contributed by atoms with van der Waals surface area (Å²) >= 11 is 0. The van der Waals surface area contributed by atoms with Gasteiger partial charge in [0.2, 0.25) is 5.91 Å². The van der Waals surface area contributed by atoms with Gasteiger partial charge in [-0.15, -0.1) is 0 Å². The molecular weight excluding hydrogens is 326 g/mol. The first-order chi connectivity index (χ1) is 12.0. The molecule has 1 saturated carbocycles. The number of likely N-dealkylation sites (N-methyl/N-ethyl adjacent to an activating group) is 1. The molecule has 9 nitrogen and oxygen atoms in total. The Bertz CT molecular complexity index is 673. The number of amides is 4. The van der Waals surface area contributed by atoms with Crippen molar-refractivity contribution in [2.45, 2.75) is 44.9 Å². The highest BCUT2D eigenvalue weighted by molar-refractivity contribution is 6.04. The van der Waals surface area contributed by atoms with Gasteiger partial charge in [-0.3, -0.25) is 19.2 Å². The number of nitrogens with zero attached hydrogens (tertiary/aromatic N) is 4. The van der Waals surface area contributed by atoms with Crippen LogP contribution >= 0.6 is 0 Å². The number of nitrogens with one attached hydrogen (secondary N) is 1. The van der Waals surface area contributed by atoms with Crippen LogP contribution in [0.15, 0.2) is 12.4 Å². The summed E-state index contributed by atoms with van der Waals surface area (Å²) in [7, 11) is 1.54. The lowest BCUT2D eigenvalue weighted by Crippen LogP contribution is -2.47.